The summed E-state index contributed by atoms with van der Waals surface area (Å²) in [7, 11) is 1.62. The van der Waals surface area contributed by atoms with Crippen LogP contribution in [-0.2, 0) is 11.3 Å². The van der Waals surface area contributed by atoms with Gasteiger partial charge < -0.3 is 15.3 Å². The van der Waals surface area contributed by atoms with Crippen LogP contribution in [0.2, 0.25) is 0 Å². The summed E-state index contributed by atoms with van der Waals surface area (Å²) in [5.41, 5.74) is 0.997. The molecule has 0 spiro atoms. The predicted octanol–water partition coefficient (Wildman–Crippen LogP) is 2.72. The van der Waals surface area contributed by atoms with Crippen LogP contribution >= 0.6 is 0 Å². The Morgan fingerprint density at radius 1 is 1.32 bits per heavy atom. The van der Waals surface area contributed by atoms with Gasteiger partial charge >= 0.3 is 0 Å². The molecule has 0 aromatic heterocycles. The fraction of sp³-hybridized carbons (Fsp3) is 0.529. The number of carbonyl (C=O) groups is 1. The number of amides is 1. The fourth-order valence-electron chi connectivity index (χ4n) is 2.05. The molecule has 0 unspecified atom stereocenters. The van der Waals surface area contributed by atoms with E-state index >= 15 is 0 Å². The molecule has 0 bridgehead atoms. The van der Waals surface area contributed by atoms with Crippen molar-refractivity contribution in [3.63, 3.8) is 0 Å². The molecule has 1 aromatic carbocycles. The first-order valence-electron chi connectivity index (χ1n) is 7.77. The van der Waals surface area contributed by atoms with Crippen LogP contribution in [0.3, 0.4) is 0 Å². The maximum absolute atomic E-state index is 11.8. The largest absolute Gasteiger partial charge is 0.624 e. The van der Waals surface area contributed by atoms with E-state index in [-0.39, 0.29) is 18.9 Å². The van der Waals surface area contributed by atoms with Crippen LogP contribution in [-0.4, -0.2) is 30.5 Å². The third kappa shape index (κ3) is 6.61. The highest BCUT2D eigenvalue weighted by molar-refractivity contribution is 5.76. The standard InChI is InChI=1S/C17H26N2O3/c1-4-14(5-2)13-19(21)11-10-17(20)18-12-15-6-8-16(22-3)9-7-15/h6-9,13-14H,4-5,10-12H2,1-3H3,(H,18,20)/b19-13-. The van der Waals surface area contributed by atoms with E-state index in [9.17, 15) is 10.0 Å². The van der Waals surface area contributed by atoms with Crippen molar-refractivity contribution in [3.05, 3.63) is 35.0 Å². The molecule has 0 saturated carbocycles. The lowest BCUT2D eigenvalue weighted by Gasteiger charge is -2.09. The van der Waals surface area contributed by atoms with Crippen LogP contribution in [0.4, 0.5) is 0 Å². The molecule has 5 heteroatoms. The summed E-state index contributed by atoms with van der Waals surface area (Å²) in [6.45, 7) is 4.77. The lowest BCUT2D eigenvalue weighted by molar-refractivity contribution is -0.454. The van der Waals surface area contributed by atoms with Gasteiger partial charge in [-0.1, -0.05) is 26.0 Å². The van der Waals surface area contributed by atoms with E-state index in [1.54, 1.807) is 13.3 Å². The van der Waals surface area contributed by atoms with Gasteiger partial charge in [-0.25, -0.2) is 4.74 Å². The Labute approximate surface area is 132 Å². The highest BCUT2D eigenvalue weighted by Crippen LogP contribution is 2.10. The molecule has 122 valence electrons. The van der Waals surface area contributed by atoms with Crippen molar-refractivity contribution < 1.29 is 14.3 Å². The first-order chi connectivity index (χ1) is 10.6. The summed E-state index contributed by atoms with van der Waals surface area (Å²) in [4.78, 5) is 11.8. The van der Waals surface area contributed by atoms with E-state index in [2.05, 4.69) is 19.2 Å². The molecule has 22 heavy (non-hydrogen) atoms. The summed E-state index contributed by atoms with van der Waals surface area (Å²) < 4.78 is 5.96. The van der Waals surface area contributed by atoms with E-state index in [0.717, 1.165) is 28.9 Å². The first kappa shape index (κ1) is 18.0. The molecule has 0 heterocycles. The van der Waals surface area contributed by atoms with Crippen LogP contribution < -0.4 is 10.1 Å². The molecule has 1 N–H and O–H groups in total. The van der Waals surface area contributed by atoms with Crippen molar-refractivity contribution >= 4 is 12.1 Å². The number of carbonyl (C=O) groups excluding carboxylic acids is 1. The van der Waals surface area contributed by atoms with Gasteiger partial charge in [-0.05, 0) is 30.5 Å². The predicted molar refractivity (Wildman–Crippen MR) is 88.1 cm³/mol. The molecule has 0 aliphatic rings. The summed E-state index contributed by atoms with van der Waals surface area (Å²) in [6, 6.07) is 7.51. The van der Waals surface area contributed by atoms with Crippen molar-refractivity contribution in [2.75, 3.05) is 13.7 Å². The van der Waals surface area contributed by atoms with Crippen LogP contribution in [0.15, 0.2) is 24.3 Å². The van der Waals surface area contributed by atoms with Gasteiger partial charge in [-0.15, -0.1) is 0 Å². The second kappa shape index (κ2) is 9.82. The fourth-order valence-corrected chi connectivity index (χ4v) is 2.05. The Kier molecular flexibility index (Phi) is 8.04. The first-order valence-corrected chi connectivity index (χ1v) is 7.77. The minimum Gasteiger partial charge on any atom is -0.624 e. The van der Waals surface area contributed by atoms with Crippen LogP contribution in [0.1, 0.15) is 38.7 Å². The highest BCUT2D eigenvalue weighted by Gasteiger charge is 2.08. The van der Waals surface area contributed by atoms with Gasteiger partial charge in [0.2, 0.25) is 5.91 Å². The number of nitrogens with zero attached hydrogens (tertiary/aromatic N) is 1. The monoisotopic (exact) mass is 306 g/mol. The Morgan fingerprint density at radius 2 is 1.95 bits per heavy atom. The number of benzene rings is 1. The maximum Gasteiger partial charge on any atom is 0.226 e. The molecule has 0 atom stereocenters. The van der Waals surface area contributed by atoms with Gasteiger partial charge in [0.05, 0.1) is 13.5 Å². The molecule has 0 fully saturated rings. The molecule has 1 aromatic rings. The Bertz CT molecular complexity index is 479. The smallest absolute Gasteiger partial charge is 0.226 e. The molecule has 1 rings (SSSR count). The van der Waals surface area contributed by atoms with Gasteiger partial charge in [0.25, 0.3) is 0 Å². The SMILES string of the molecule is CCC(/C=[N+](\[O-])CCC(=O)NCc1ccc(OC)cc1)CC. The number of hydrogen-bond acceptors (Lipinski definition) is 3. The minimum absolute atomic E-state index is 0.116. The average molecular weight is 306 g/mol. The van der Waals surface area contributed by atoms with Gasteiger partial charge in [-0.2, -0.15) is 0 Å². The van der Waals surface area contributed by atoms with Crippen LogP contribution in [0.25, 0.3) is 0 Å². The van der Waals surface area contributed by atoms with E-state index in [4.69, 9.17) is 4.74 Å². The zero-order valence-corrected chi connectivity index (χ0v) is 13.7. The zero-order valence-electron chi connectivity index (χ0n) is 13.7. The Morgan fingerprint density at radius 3 is 2.50 bits per heavy atom. The second-order valence-electron chi connectivity index (χ2n) is 5.24. The van der Waals surface area contributed by atoms with Gasteiger partial charge in [0, 0.05) is 12.5 Å². The topological polar surface area (TPSA) is 64.4 Å². The van der Waals surface area contributed by atoms with Crippen LogP contribution in [0, 0.1) is 11.1 Å². The summed E-state index contributed by atoms with van der Waals surface area (Å²) in [5, 5.41) is 14.5. The van der Waals surface area contributed by atoms with Gasteiger partial charge in [0.15, 0.2) is 12.8 Å². The molecular weight excluding hydrogens is 280 g/mol. The van der Waals surface area contributed by atoms with E-state index in [0.29, 0.717) is 12.5 Å². The molecular formula is C17H26N2O3. The molecule has 0 aliphatic carbocycles. The number of nitrogens with one attached hydrogen (secondary N) is 1. The van der Waals surface area contributed by atoms with Gasteiger partial charge in [0.1, 0.15) is 5.75 Å². The zero-order chi connectivity index (χ0) is 16.4. The van der Waals surface area contributed by atoms with Crippen molar-refractivity contribution in [3.8, 4) is 5.75 Å². The maximum atomic E-state index is 11.8. The highest BCUT2D eigenvalue weighted by atomic mass is 16.5. The number of hydrogen-bond donors (Lipinski definition) is 1. The van der Waals surface area contributed by atoms with Crippen molar-refractivity contribution in [1.82, 2.24) is 5.32 Å². The molecule has 0 saturated heterocycles. The molecule has 0 aliphatic heterocycles. The minimum atomic E-state index is -0.116. The Balaban J connectivity index is 2.33. The average Bonchev–Trinajstić information content (AvgIpc) is 2.56. The Hall–Kier alpha value is -2.04. The number of ether oxygens (including phenoxy) is 1. The van der Waals surface area contributed by atoms with E-state index in [1.807, 2.05) is 24.3 Å². The van der Waals surface area contributed by atoms with E-state index < -0.39 is 0 Å². The van der Waals surface area contributed by atoms with Crippen molar-refractivity contribution in [2.24, 2.45) is 5.92 Å². The third-order valence-electron chi connectivity index (χ3n) is 3.63. The number of methoxy groups -OCH3 is 1. The number of hydroxylamine groups is 1. The van der Waals surface area contributed by atoms with Crippen molar-refractivity contribution in [2.45, 2.75) is 39.7 Å². The quantitative estimate of drug-likeness (QED) is 0.330. The summed E-state index contributed by atoms with van der Waals surface area (Å²) in [5.74, 6) is 0.962. The van der Waals surface area contributed by atoms with Crippen molar-refractivity contribution in [1.29, 1.82) is 0 Å². The normalized spacial score (nSPS) is 11.5. The lowest BCUT2D eigenvalue weighted by atomic mass is 10.1. The summed E-state index contributed by atoms with van der Waals surface area (Å²) in [6.07, 6.45) is 3.77. The molecule has 1 amide bonds. The van der Waals surface area contributed by atoms with Gasteiger partial charge in [-0.3, -0.25) is 4.79 Å². The van der Waals surface area contributed by atoms with Crippen LogP contribution in [0.5, 0.6) is 5.75 Å². The third-order valence-corrected chi connectivity index (χ3v) is 3.63. The second-order valence-corrected chi connectivity index (χ2v) is 5.24. The number of rotatable bonds is 9. The summed E-state index contributed by atoms with van der Waals surface area (Å²) >= 11 is 0. The molecule has 5 nitrogen and oxygen atoms in total. The lowest BCUT2D eigenvalue weighted by Crippen LogP contribution is -2.26. The molecule has 0 radical (unpaired) electrons. The van der Waals surface area contributed by atoms with E-state index in [1.165, 1.54) is 0 Å².